The van der Waals surface area contributed by atoms with E-state index < -0.39 is 10.0 Å². The molecule has 1 fully saturated rings. The maximum Gasteiger partial charge on any atom is 0.264 e. The number of rotatable bonds is 6. The van der Waals surface area contributed by atoms with Gasteiger partial charge in [0, 0.05) is 24.1 Å². The molecule has 0 aromatic heterocycles. The minimum absolute atomic E-state index is 0.0632. The van der Waals surface area contributed by atoms with E-state index in [0.29, 0.717) is 23.6 Å². The number of nitrogens with zero attached hydrogens (tertiary/aromatic N) is 2. The highest BCUT2D eigenvalue weighted by Gasteiger charge is 2.37. The van der Waals surface area contributed by atoms with Gasteiger partial charge < -0.3 is 14.6 Å². The van der Waals surface area contributed by atoms with E-state index in [1.165, 1.54) is 4.31 Å². The predicted octanol–water partition coefficient (Wildman–Crippen LogP) is 4.69. The van der Waals surface area contributed by atoms with Crippen LogP contribution in [0, 0.1) is 6.92 Å². The zero-order chi connectivity index (χ0) is 26.3. The second-order valence-corrected chi connectivity index (χ2v) is 11.7. The number of aliphatic hydroxyl groups is 1. The quantitative estimate of drug-likeness (QED) is 0.510. The predicted molar refractivity (Wildman–Crippen MR) is 145 cm³/mol. The van der Waals surface area contributed by atoms with E-state index in [2.05, 4.69) is 0 Å². The summed E-state index contributed by atoms with van der Waals surface area (Å²) in [6.07, 6.45) is 1.84. The summed E-state index contributed by atoms with van der Waals surface area (Å²) in [6.45, 7) is 1.92. The monoisotopic (exact) mass is 520 g/mol. The number of aliphatic imine (C=N–C) groups is 1. The molecule has 0 amide bonds. The van der Waals surface area contributed by atoms with Gasteiger partial charge >= 0.3 is 0 Å². The fourth-order valence-electron chi connectivity index (χ4n) is 5.33. The fourth-order valence-corrected chi connectivity index (χ4v) is 6.52. The SMILES string of the molecule is COc1cc2c(cc1OC)[C@H]1C[C@H](O)CC[C@H]1N=C2c1ccc(N(C)S(=O)(=O)c2ccc(C)cc2)cc1. The van der Waals surface area contributed by atoms with Crippen LogP contribution in [0.1, 0.15) is 47.4 Å². The first-order valence-electron chi connectivity index (χ1n) is 12.4. The van der Waals surface area contributed by atoms with Crippen LogP contribution in [-0.2, 0) is 10.0 Å². The van der Waals surface area contributed by atoms with Gasteiger partial charge in [0.1, 0.15) is 0 Å². The van der Waals surface area contributed by atoms with Crippen LogP contribution in [0.3, 0.4) is 0 Å². The molecule has 1 aliphatic carbocycles. The number of benzene rings is 3. The zero-order valence-electron chi connectivity index (χ0n) is 21.5. The third-order valence-electron chi connectivity index (χ3n) is 7.48. The van der Waals surface area contributed by atoms with Crippen LogP contribution >= 0.6 is 0 Å². The summed E-state index contributed by atoms with van der Waals surface area (Å²) in [4.78, 5) is 5.39. The summed E-state index contributed by atoms with van der Waals surface area (Å²) in [5, 5.41) is 10.4. The number of aryl methyl sites for hydroxylation is 1. The summed E-state index contributed by atoms with van der Waals surface area (Å²) < 4.78 is 38.8. The van der Waals surface area contributed by atoms with Crippen LogP contribution in [0.2, 0.25) is 0 Å². The number of methoxy groups -OCH3 is 2. The van der Waals surface area contributed by atoms with E-state index in [9.17, 15) is 13.5 Å². The van der Waals surface area contributed by atoms with Crippen molar-refractivity contribution < 1.29 is 23.0 Å². The number of fused-ring (bicyclic) bond motifs is 3. The summed E-state index contributed by atoms with van der Waals surface area (Å²) >= 11 is 0. The highest BCUT2D eigenvalue weighted by atomic mass is 32.2. The van der Waals surface area contributed by atoms with Gasteiger partial charge in [0.2, 0.25) is 0 Å². The molecular formula is C29H32N2O5S. The molecule has 8 heteroatoms. The molecule has 3 aromatic carbocycles. The van der Waals surface area contributed by atoms with Gasteiger partial charge in [-0.1, -0.05) is 29.8 Å². The number of hydrogen-bond donors (Lipinski definition) is 1. The highest BCUT2D eigenvalue weighted by Crippen LogP contribution is 2.45. The number of hydrogen-bond acceptors (Lipinski definition) is 6. The summed E-state index contributed by atoms with van der Waals surface area (Å²) in [5.74, 6) is 1.37. The standard InChI is InChI=1S/C29H32N2O5S/c1-18-5-12-22(13-6-18)37(33,34)31(2)20-9-7-19(8-10-20)29-25-17-28(36-4)27(35-3)16-23(25)24-15-21(32)11-14-26(24)30-29/h5-10,12-13,16-17,21,24,26,32H,11,14-15H2,1-4H3/t21-,24-,26-/m1/s1. The third kappa shape index (κ3) is 4.60. The molecule has 2 aliphatic rings. The molecule has 0 spiro atoms. The maximum atomic E-state index is 13.2. The molecule has 5 rings (SSSR count). The molecule has 0 saturated heterocycles. The Morgan fingerprint density at radius 1 is 0.946 bits per heavy atom. The molecule has 7 nitrogen and oxygen atoms in total. The first-order valence-corrected chi connectivity index (χ1v) is 13.8. The van der Waals surface area contributed by atoms with Crippen LogP contribution in [0.4, 0.5) is 5.69 Å². The molecule has 0 unspecified atom stereocenters. The summed E-state index contributed by atoms with van der Waals surface area (Å²) in [6, 6.07) is 18.3. The van der Waals surface area contributed by atoms with Gasteiger partial charge in [0.05, 0.1) is 42.7 Å². The lowest BCUT2D eigenvalue weighted by atomic mass is 9.74. The zero-order valence-corrected chi connectivity index (χ0v) is 22.3. The van der Waals surface area contributed by atoms with E-state index in [0.717, 1.165) is 40.8 Å². The van der Waals surface area contributed by atoms with Crippen LogP contribution < -0.4 is 13.8 Å². The Balaban J connectivity index is 1.52. The van der Waals surface area contributed by atoms with E-state index in [1.54, 1.807) is 57.7 Å². The molecular weight excluding hydrogens is 488 g/mol. The van der Waals surface area contributed by atoms with Crippen molar-refractivity contribution in [3.63, 3.8) is 0 Å². The number of sulfonamides is 1. The molecule has 1 saturated carbocycles. The normalized spacial score (nSPS) is 20.9. The van der Waals surface area contributed by atoms with Crippen LogP contribution in [-0.4, -0.2) is 52.6 Å². The Morgan fingerprint density at radius 3 is 2.24 bits per heavy atom. The molecule has 1 heterocycles. The molecule has 3 aromatic rings. The summed E-state index contributed by atoms with van der Waals surface area (Å²) in [7, 11) is 1.11. The smallest absolute Gasteiger partial charge is 0.264 e. The first kappa shape index (κ1) is 25.3. The summed E-state index contributed by atoms with van der Waals surface area (Å²) in [5.41, 5.74) is 5.33. The van der Waals surface area contributed by atoms with Crippen molar-refractivity contribution in [3.8, 4) is 11.5 Å². The molecule has 0 bridgehead atoms. The maximum absolute atomic E-state index is 13.2. The van der Waals surface area contributed by atoms with E-state index in [-0.39, 0.29) is 23.0 Å². The average molecular weight is 521 g/mol. The largest absolute Gasteiger partial charge is 0.493 e. The molecule has 1 aliphatic heterocycles. The lowest BCUT2D eigenvalue weighted by molar-refractivity contribution is 0.111. The highest BCUT2D eigenvalue weighted by molar-refractivity contribution is 7.92. The van der Waals surface area contributed by atoms with Gasteiger partial charge in [-0.2, -0.15) is 0 Å². The number of anilines is 1. The second kappa shape index (κ2) is 9.84. The molecule has 37 heavy (non-hydrogen) atoms. The Hall–Kier alpha value is -3.36. The topological polar surface area (TPSA) is 88.4 Å². The van der Waals surface area contributed by atoms with Crippen molar-refractivity contribution in [2.75, 3.05) is 25.6 Å². The van der Waals surface area contributed by atoms with Gasteiger partial charge in [-0.15, -0.1) is 0 Å². The van der Waals surface area contributed by atoms with Crippen LogP contribution in [0.25, 0.3) is 0 Å². The third-order valence-corrected chi connectivity index (χ3v) is 9.27. The number of ether oxygens (including phenoxy) is 2. The van der Waals surface area contributed by atoms with E-state index in [4.69, 9.17) is 14.5 Å². The van der Waals surface area contributed by atoms with Crippen LogP contribution in [0.15, 0.2) is 70.6 Å². The minimum Gasteiger partial charge on any atom is -0.493 e. The lowest BCUT2D eigenvalue weighted by Gasteiger charge is -2.37. The Morgan fingerprint density at radius 2 is 1.59 bits per heavy atom. The van der Waals surface area contributed by atoms with Gasteiger partial charge in [0.15, 0.2) is 11.5 Å². The molecule has 3 atom stereocenters. The van der Waals surface area contributed by atoms with Crippen molar-refractivity contribution >= 4 is 21.4 Å². The van der Waals surface area contributed by atoms with Gasteiger partial charge in [0.25, 0.3) is 10.0 Å². The number of aliphatic hydroxyl groups excluding tert-OH is 1. The fraction of sp³-hybridized carbons (Fsp3) is 0.345. The Labute approximate surface area is 218 Å². The van der Waals surface area contributed by atoms with Crippen molar-refractivity contribution in [1.82, 2.24) is 0 Å². The second-order valence-electron chi connectivity index (χ2n) is 9.75. The van der Waals surface area contributed by atoms with Crippen LogP contribution in [0.5, 0.6) is 11.5 Å². The Kier molecular flexibility index (Phi) is 6.72. The average Bonchev–Trinajstić information content (AvgIpc) is 2.91. The van der Waals surface area contributed by atoms with Crippen molar-refractivity contribution in [2.45, 2.75) is 49.1 Å². The van der Waals surface area contributed by atoms with E-state index >= 15 is 0 Å². The van der Waals surface area contributed by atoms with Gasteiger partial charge in [-0.05, 0) is 68.1 Å². The molecule has 194 valence electrons. The Bertz CT molecular complexity index is 1430. The minimum atomic E-state index is -3.68. The van der Waals surface area contributed by atoms with E-state index in [1.807, 2.05) is 31.2 Å². The molecule has 1 N–H and O–H groups in total. The van der Waals surface area contributed by atoms with Gasteiger partial charge in [-0.25, -0.2) is 8.42 Å². The van der Waals surface area contributed by atoms with Crippen molar-refractivity contribution in [1.29, 1.82) is 0 Å². The van der Waals surface area contributed by atoms with Gasteiger partial charge in [-0.3, -0.25) is 9.30 Å². The lowest BCUT2D eigenvalue weighted by Crippen LogP contribution is -2.34. The van der Waals surface area contributed by atoms with Crippen molar-refractivity contribution in [2.24, 2.45) is 4.99 Å². The molecule has 0 radical (unpaired) electrons. The van der Waals surface area contributed by atoms with Crippen molar-refractivity contribution in [3.05, 3.63) is 82.9 Å². The first-order chi connectivity index (χ1) is 17.7.